The van der Waals surface area contributed by atoms with Gasteiger partial charge in [0.15, 0.2) is 0 Å². The molecule has 3 nitrogen and oxygen atoms in total. The van der Waals surface area contributed by atoms with Crippen molar-refractivity contribution in [2.45, 2.75) is 25.7 Å². The highest BCUT2D eigenvalue weighted by molar-refractivity contribution is 7.07. The number of rotatable bonds is 1. The molecule has 0 saturated carbocycles. The minimum atomic E-state index is 0.196. The average Bonchev–Trinajstić information content (AvgIpc) is 2.71. The fourth-order valence-corrected chi connectivity index (χ4v) is 2.55. The standard InChI is InChI=1S/C10H14N2OS/c1-8(13)12-4-2-9(3-5-12)10-6-14-7-11-10/h6-7,9H,2-5H2,1H3. The summed E-state index contributed by atoms with van der Waals surface area (Å²) >= 11 is 1.65. The van der Waals surface area contributed by atoms with E-state index in [2.05, 4.69) is 10.4 Å². The van der Waals surface area contributed by atoms with Crippen molar-refractivity contribution in [1.82, 2.24) is 9.88 Å². The first-order chi connectivity index (χ1) is 6.77. The first-order valence-electron chi connectivity index (χ1n) is 4.91. The zero-order chi connectivity index (χ0) is 9.97. The molecule has 76 valence electrons. The molecular weight excluding hydrogens is 196 g/mol. The molecule has 1 aromatic rings. The van der Waals surface area contributed by atoms with Crippen molar-refractivity contribution in [3.63, 3.8) is 0 Å². The van der Waals surface area contributed by atoms with Crippen LogP contribution < -0.4 is 0 Å². The van der Waals surface area contributed by atoms with Gasteiger partial charge in [-0.25, -0.2) is 4.98 Å². The summed E-state index contributed by atoms with van der Waals surface area (Å²) < 4.78 is 0. The van der Waals surface area contributed by atoms with Crippen LogP contribution in [0.15, 0.2) is 10.9 Å². The van der Waals surface area contributed by atoms with Crippen molar-refractivity contribution >= 4 is 17.2 Å². The maximum absolute atomic E-state index is 11.1. The quantitative estimate of drug-likeness (QED) is 0.709. The van der Waals surface area contributed by atoms with Crippen LogP contribution in [0.3, 0.4) is 0 Å². The van der Waals surface area contributed by atoms with E-state index in [1.165, 1.54) is 5.69 Å². The van der Waals surface area contributed by atoms with Crippen molar-refractivity contribution < 1.29 is 4.79 Å². The Morgan fingerprint density at radius 1 is 1.57 bits per heavy atom. The number of hydrogen-bond donors (Lipinski definition) is 0. The normalized spacial score (nSPS) is 18.5. The Labute approximate surface area is 87.8 Å². The summed E-state index contributed by atoms with van der Waals surface area (Å²) in [6.45, 7) is 3.41. The molecule has 0 unspecified atom stereocenters. The van der Waals surface area contributed by atoms with Crippen LogP contribution in [0.5, 0.6) is 0 Å². The summed E-state index contributed by atoms with van der Waals surface area (Å²) in [7, 11) is 0. The lowest BCUT2D eigenvalue weighted by molar-refractivity contribution is -0.129. The number of carbonyl (C=O) groups excluding carboxylic acids is 1. The number of hydrogen-bond acceptors (Lipinski definition) is 3. The smallest absolute Gasteiger partial charge is 0.219 e. The van der Waals surface area contributed by atoms with Gasteiger partial charge in [0.25, 0.3) is 0 Å². The molecule has 14 heavy (non-hydrogen) atoms. The van der Waals surface area contributed by atoms with Gasteiger partial charge in [0.1, 0.15) is 0 Å². The van der Waals surface area contributed by atoms with Crippen molar-refractivity contribution in [3.8, 4) is 0 Å². The van der Waals surface area contributed by atoms with Crippen molar-refractivity contribution in [2.75, 3.05) is 13.1 Å². The molecule has 2 rings (SSSR count). The van der Waals surface area contributed by atoms with Gasteiger partial charge in [-0.2, -0.15) is 0 Å². The van der Waals surface area contributed by atoms with E-state index in [1.807, 2.05) is 10.4 Å². The highest BCUT2D eigenvalue weighted by atomic mass is 32.1. The molecule has 2 heterocycles. The third-order valence-corrected chi connectivity index (χ3v) is 3.41. The van der Waals surface area contributed by atoms with Crippen LogP contribution in [0.2, 0.25) is 0 Å². The van der Waals surface area contributed by atoms with E-state index < -0.39 is 0 Å². The van der Waals surface area contributed by atoms with Gasteiger partial charge in [0.05, 0.1) is 11.2 Å². The van der Waals surface area contributed by atoms with Gasteiger partial charge >= 0.3 is 0 Å². The van der Waals surface area contributed by atoms with E-state index in [1.54, 1.807) is 18.3 Å². The number of likely N-dealkylation sites (tertiary alicyclic amines) is 1. The van der Waals surface area contributed by atoms with Crippen molar-refractivity contribution in [1.29, 1.82) is 0 Å². The Morgan fingerprint density at radius 3 is 2.79 bits per heavy atom. The lowest BCUT2D eigenvalue weighted by Crippen LogP contribution is -2.36. The molecule has 1 saturated heterocycles. The number of piperidine rings is 1. The molecule has 0 aromatic carbocycles. The third-order valence-electron chi connectivity index (χ3n) is 2.81. The predicted octanol–water partition coefficient (Wildman–Crippen LogP) is 1.87. The molecule has 0 N–H and O–H groups in total. The first kappa shape index (κ1) is 9.65. The van der Waals surface area contributed by atoms with Crippen LogP contribution in [0.4, 0.5) is 0 Å². The average molecular weight is 210 g/mol. The van der Waals surface area contributed by atoms with E-state index in [-0.39, 0.29) is 5.91 Å². The van der Waals surface area contributed by atoms with E-state index in [0.717, 1.165) is 25.9 Å². The summed E-state index contributed by atoms with van der Waals surface area (Å²) in [4.78, 5) is 17.3. The van der Waals surface area contributed by atoms with Crippen LogP contribution in [-0.4, -0.2) is 28.9 Å². The Hall–Kier alpha value is -0.900. The van der Waals surface area contributed by atoms with Gasteiger partial charge in [0, 0.05) is 31.3 Å². The van der Waals surface area contributed by atoms with Crippen molar-refractivity contribution in [2.24, 2.45) is 0 Å². The largest absolute Gasteiger partial charge is 0.343 e. The minimum Gasteiger partial charge on any atom is -0.343 e. The second-order valence-corrected chi connectivity index (χ2v) is 4.41. The third kappa shape index (κ3) is 1.95. The molecular formula is C10H14N2OS. The summed E-state index contributed by atoms with van der Waals surface area (Å²) in [5.74, 6) is 0.763. The summed E-state index contributed by atoms with van der Waals surface area (Å²) in [6.07, 6.45) is 2.12. The fourth-order valence-electron chi connectivity index (χ4n) is 1.91. The van der Waals surface area contributed by atoms with Gasteiger partial charge in [-0.05, 0) is 12.8 Å². The van der Waals surface area contributed by atoms with Gasteiger partial charge in [0.2, 0.25) is 5.91 Å². The maximum Gasteiger partial charge on any atom is 0.219 e. The topological polar surface area (TPSA) is 33.2 Å². The molecule has 1 amide bonds. The zero-order valence-corrected chi connectivity index (χ0v) is 9.09. The number of carbonyl (C=O) groups is 1. The van der Waals surface area contributed by atoms with Gasteiger partial charge < -0.3 is 4.90 Å². The van der Waals surface area contributed by atoms with Crippen LogP contribution in [0.1, 0.15) is 31.4 Å². The Bertz CT molecular complexity index is 302. The SMILES string of the molecule is CC(=O)N1CCC(c2cscn2)CC1. The molecule has 0 bridgehead atoms. The van der Waals surface area contributed by atoms with E-state index in [4.69, 9.17) is 0 Å². The van der Waals surface area contributed by atoms with E-state index >= 15 is 0 Å². The fraction of sp³-hybridized carbons (Fsp3) is 0.600. The lowest BCUT2D eigenvalue weighted by atomic mass is 9.94. The molecule has 4 heteroatoms. The molecule has 1 fully saturated rings. The van der Waals surface area contributed by atoms with E-state index in [9.17, 15) is 4.79 Å². The van der Waals surface area contributed by atoms with Crippen LogP contribution in [0.25, 0.3) is 0 Å². The highest BCUT2D eigenvalue weighted by Gasteiger charge is 2.22. The second kappa shape index (κ2) is 4.09. The Kier molecular flexibility index (Phi) is 2.82. The van der Waals surface area contributed by atoms with Gasteiger partial charge in [-0.1, -0.05) is 0 Å². The number of nitrogens with zero attached hydrogens (tertiary/aromatic N) is 2. The molecule has 0 spiro atoms. The summed E-state index contributed by atoms with van der Waals surface area (Å²) in [5.41, 5.74) is 3.09. The number of amides is 1. The first-order valence-corrected chi connectivity index (χ1v) is 5.85. The molecule has 0 radical (unpaired) electrons. The molecule has 1 aliphatic rings. The molecule has 1 aromatic heterocycles. The second-order valence-electron chi connectivity index (χ2n) is 3.69. The van der Waals surface area contributed by atoms with Crippen molar-refractivity contribution in [3.05, 3.63) is 16.6 Å². The number of aromatic nitrogens is 1. The van der Waals surface area contributed by atoms with E-state index in [0.29, 0.717) is 5.92 Å². The highest BCUT2D eigenvalue weighted by Crippen LogP contribution is 2.27. The number of thiazole rings is 1. The maximum atomic E-state index is 11.1. The molecule has 0 aliphatic carbocycles. The van der Waals surface area contributed by atoms with Gasteiger partial charge in [-0.15, -0.1) is 11.3 Å². The zero-order valence-electron chi connectivity index (χ0n) is 8.27. The monoisotopic (exact) mass is 210 g/mol. The Balaban J connectivity index is 1.93. The molecule has 0 atom stereocenters. The van der Waals surface area contributed by atoms with Gasteiger partial charge in [-0.3, -0.25) is 4.79 Å². The summed E-state index contributed by atoms with van der Waals surface area (Å²) in [6, 6.07) is 0. The Morgan fingerprint density at radius 2 is 2.29 bits per heavy atom. The van der Waals surface area contributed by atoms with Crippen LogP contribution in [0, 0.1) is 0 Å². The summed E-state index contributed by atoms with van der Waals surface area (Å²) in [5, 5.41) is 2.12. The minimum absolute atomic E-state index is 0.196. The van der Waals surface area contributed by atoms with Crippen LogP contribution >= 0.6 is 11.3 Å². The molecule has 1 aliphatic heterocycles. The van der Waals surface area contributed by atoms with Crippen LogP contribution in [-0.2, 0) is 4.79 Å². The lowest BCUT2D eigenvalue weighted by Gasteiger charge is -2.30. The predicted molar refractivity (Wildman–Crippen MR) is 56.3 cm³/mol.